The van der Waals surface area contributed by atoms with Crippen molar-refractivity contribution in [2.24, 2.45) is 0 Å². The Bertz CT molecular complexity index is 395. The van der Waals surface area contributed by atoms with Crippen LogP contribution < -0.4 is 0 Å². The van der Waals surface area contributed by atoms with Crippen molar-refractivity contribution in [1.29, 1.82) is 0 Å². The Labute approximate surface area is 73.1 Å². The third kappa shape index (κ3) is 1.29. The van der Waals surface area contributed by atoms with E-state index in [1.807, 2.05) is 0 Å². The fourth-order valence-corrected chi connectivity index (χ4v) is 1.39. The van der Waals surface area contributed by atoms with E-state index in [-0.39, 0.29) is 0 Å². The average molecular weight is 242 g/mol. The molecule has 0 amide bonds. The van der Waals surface area contributed by atoms with Gasteiger partial charge in [-0.3, -0.25) is 0 Å². The molecule has 1 aliphatic rings. The summed E-state index contributed by atoms with van der Waals surface area (Å²) < 4.78 is 95.7. The minimum atomic E-state index is -5.78. The van der Waals surface area contributed by atoms with Gasteiger partial charge in [-0.15, -0.1) is 0 Å². The number of hydrogen-bond donors (Lipinski definition) is 0. The number of rotatable bonds is 0. The van der Waals surface area contributed by atoms with Gasteiger partial charge in [-0.05, 0) is 0 Å². The zero-order valence-electron chi connectivity index (χ0n) is 5.90. The minimum Gasteiger partial charge on any atom is -0.201 e. The molecule has 14 heavy (non-hydrogen) atoms. The van der Waals surface area contributed by atoms with E-state index in [9.17, 15) is 34.8 Å². The Balaban J connectivity index is 3.50. The van der Waals surface area contributed by atoms with Gasteiger partial charge in [-0.25, -0.2) is 4.39 Å². The molecule has 0 spiro atoms. The van der Waals surface area contributed by atoms with Gasteiger partial charge in [0.05, 0.1) is 0 Å². The summed E-state index contributed by atoms with van der Waals surface area (Å²) in [6.45, 7) is 0. The maximum Gasteiger partial charge on any atom is 0.440 e. The van der Waals surface area contributed by atoms with Crippen LogP contribution in [0.5, 0.6) is 0 Å². The van der Waals surface area contributed by atoms with E-state index in [4.69, 9.17) is 0 Å². The zero-order valence-corrected chi connectivity index (χ0v) is 6.72. The summed E-state index contributed by atoms with van der Waals surface area (Å²) in [6, 6.07) is 0. The third-order valence-electron chi connectivity index (χ3n) is 1.25. The molecule has 0 aromatic heterocycles. The average Bonchev–Trinajstić information content (AvgIpc) is 1.97. The Kier molecular flexibility index (Phi) is 2.12. The first-order chi connectivity index (χ1) is 6.02. The maximum atomic E-state index is 12.2. The second-order valence-electron chi connectivity index (χ2n) is 2.22. The molecule has 0 fully saturated rings. The van der Waals surface area contributed by atoms with Crippen LogP contribution in [0.25, 0.3) is 0 Å². The van der Waals surface area contributed by atoms with E-state index in [2.05, 4.69) is 4.18 Å². The second-order valence-corrected chi connectivity index (χ2v) is 3.65. The van der Waals surface area contributed by atoms with Gasteiger partial charge in [0.2, 0.25) is 5.83 Å². The zero-order chi connectivity index (χ0) is 11.4. The molecule has 0 aromatic carbocycles. The summed E-state index contributed by atoms with van der Waals surface area (Å²) >= 11 is 0. The van der Waals surface area contributed by atoms with Gasteiger partial charge in [-0.1, -0.05) is 0 Å². The van der Waals surface area contributed by atoms with Gasteiger partial charge in [0.15, 0.2) is 0 Å². The van der Waals surface area contributed by atoms with Crippen molar-refractivity contribution in [3.8, 4) is 0 Å². The van der Waals surface area contributed by atoms with Crippen LogP contribution in [0.15, 0.2) is 11.0 Å². The third-order valence-corrected chi connectivity index (χ3v) is 2.29. The van der Waals surface area contributed by atoms with Crippen LogP contribution in [0.4, 0.5) is 26.3 Å². The fraction of sp³-hybridized carbons (Fsp3) is 0.500. The number of hydrogen-bond acceptors (Lipinski definition) is 3. The molecule has 1 aliphatic heterocycles. The van der Waals surface area contributed by atoms with Crippen molar-refractivity contribution in [3.63, 3.8) is 0 Å². The highest BCUT2D eigenvalue weighted by Gasteiger charge is 2.69. The lowest BCUT2D eigenvalue weighted by Gasteiger charge is -2.27. The summed E-state index contributed by atoms with van der Waals surface area (Å²) in [5.41, 5.74) is 0. The molecule has 1 rings (SSSR count). The number of halogens is 6. The van der Waals surface area contributed by atoms with Crippen LogP contribution in [-0.4, -0.2) is 20.4 Å². The first kappa shape index (κ1) is 11.3. The molecule has 0 aromatic rings. The molecular formula is C4F6O3S. The van der Waals surface area contributed by atoms with E-state index in [0.29, 0.717) is 0 Å². The topological polar surface area (TPSA) is 43.4 Å². The summed E-state index contributed by atoms with van der Waals surface area (Å²) in [7, 11) is -5.78. The van der Waals surface area contributed by atoms with Crippen molar-refractivity contribution in [2.45, 2.75) is 12.0 Å². The largest absolute Gasteiger partial charge is 0.440 e. The summed E-state index contributed by atoms with van der Waals surface area (Å²) in [6.07, 6.45) is -5.63. The molecule has 0 N–H and O–H groups in total. The standard InChI is InChI=1S/C4F6O3S/c5-1-2(6)14(11,12)13-4(9,10)3(1,7)8. The highest BCUT2D eigenvalue weighted by atomic mass is 32.2. The first-order valence-electron chi connectivity index (χ1n) is 2.79. The SMILES string of the molecule is O=S1(=O)OC(F)(F)C(F)(F)C(F)=C1F. The molecule has 0 radical (unpaired) electrons. The van der Waals surface area contributed by atoms with Gasteiger partial charge in [0.25, 0.3) is 5.16 Å². The normalized spacial score (nSPS) is 29.0. The highest BCUT2D eigenvalue weighted by Crippen LogP contribution is 2.48. The van der Waals surface area contributed by atoms with Crippen molar-refractivity contribution in [1.82, 2.24) is 0 Å². The Morgan fingerprint density at radius 3 is 1.93 bits per heavy atom. The molecule has 0 saturated heterocycles. The summed E-state index contributed by atoms with van der Waals surface area (Å²) in [5.74, 6) is -9.00. The molecule has 82 valence electrons. The maximum absolute atomic E-state index is 12.2. The molecule has 1 heterocycles. The van der Waals surface area contributed by atoms with Gasteiger partial charge in [0.1, 0.15) is 0 Å². The van der Waals surface area contributed by atoms with Gasteiger partial charge >= 0.3 is 22.1 Å². The molecule has 10 heteroatoms. The lowest BCUT2D eigenvalue weighted by atomic mass is 10.3. The summed E-state index contributed by atoms with van der Waals surface area (Å²) in [4.78, 5) is 0. The van der Waals surface area contributed by atoms with Crippen LogP contribution in [0.3, 0.4) is 0 Å². The Morgan fingerprint density at radius 2 is 1.50 bits per heavy atom. The van der Waals surface area contributed by atoms with E-state index in [1.54, 1.807) is 0 Å². The Hall–Kier alpha value is -0.770. The van der Waals surface area contributed by atoms with Crippen molar-refractivity contribution in [2.75, 3.05) is 0 Å². The molecule has 3 nitrogen and oxygen atoms in total. The van der Waals surface area contributed by atoms with Crippen LogP contribution in [0.1, 0.15) is 0 Å². The molecule has 0 aliphatic carbocycles. The van der Waals surface area contributed by atoms with Crippen LogP contribution in [0, 0.1) is 0 Å². The van der Waals surface area contributed by atoms with E-state index in [0.717, 1.165) is 0 Å². The lowest BCUT2D eigenvalue weighted by Crippen LogP contribution is -2.48. The first-order valence-corrected chi connectivity index (χ1v) is 4.20. The molecule has 0 atom stereocenters. The second kappa shape index (κ2) is 2.63. The highest BCUT2D eigenvalue weighted by molar-refractivity contribution is 7.90. The molecule has 0 unspecified atom stereocenters. The van der Waals surface area contributed by atoms with Crippen LogP contribution in [-0.2, 0) is 14.3 Å². The monoisotopic (exact) mass is 242 g/mol. The predicted octanol–water partition coefficient (Wildman–Crippen LogP) is 1.68. The molecule has 0 bridgehead atoms. The van der Waals surface area contributed by atoms with Crippen molar-refractivity contribution >= 4 is 10.1 Å². The van der Waals surface area contributed by atoms with Gasteiger partial charge in [-0.2, -0.15) is 34.6 Å². The van der Waals surface area contributed by atoms with Crippen LogP contribution in [0.2, 0.25) is 0 Å². The van der Waals surface area contributed by atoms with Crippen LogP contribution >= 0.6 is 0 Å². The van der Waals surface area contributed by atoms with Gasteiger partial charge in [0, 0.05) is 0 Å². The molecular weight excluding hydrogens is 242 g/mol. The predicted molar refractivity (Wildman–Crippen MR) is 29.1 cm³/mol. The lowest BCUT2D eigenvalue weighted by molar-refractivity contribution is -0.300. The van der Waals surface area contributed by atoms with Crippen molar-refractivity contribution < 1.29 is 38.9 Å². The smallest absolute Gasteiger partial charge is 0.201 e. The quantitative estimate of drug-likeness (QED) is 0.479. The fourth-order valence-electron chi connectivity index (χ4n) is 0.588. The Morgan fingerprint density at radius 1 is 1.07 bits per heavy atom. The summed E-state index contributed by atoms with van der Waals surface area (Å²) in [5, 5.41) is -3.05. The van der Waals surface area contributed by atoms with Gasteiger partial charge < -0.3 is 0 Å². The number of alkyl halides is 4. The minimum absolute atomic E-state index is 2.48. The van der Waals surface area contributed by atoms with E-state index in [1.165, 1.54) is 0 Å². The molecule has 0 saturated carbocycles. The van der Waals surface area contributed by atoms with E-state index >= 15 is 0 Å². The van der Waals surface area contributed by atoms with E-state index < -0.39 is 33.1 Å². The van der Waals surface area contributed by atoms with Crippen molar-refractivity contribution in [3.05, 3.63) is 11.0 Å².